The van der Waals surface area contributed by atoms with E-state index in [-0.39, 0.29) is 5.92 Å². The Morgan fingerprint density at radius 2 is 1.82 bits per heavy atom. The molecule has 6 nitrogen and oxygen atoms in total. The van der Waals surface area contributed by atoms with Gasteiger partial charge in [-0.05, 0) is 48.4 Å². The molecule has 0 saturated carbocycles. The van der Waals surface area contributed by atoms with E-state index in [1.54, 1.807) is 30.5 Å². The van der Waals surface area contributed by atoms with Crippen molar-refractivity contribution >= 4 is 23.2 Å². The summed E-state index contributed by atoms with van der Waals surface area (Å²) in [5, 5.41) is 4.61. The van der Waals surface area contributed by atoms with Gasteiger partial charge in [0.2, 0.25) is 0 Å². The molecule has 0 saturated heterocycles. The number of aromatic nitrogens is 1. The number of aryl methyl sites for hydroxylation is 1. The first-order valence-corrected chi connectivity index (χ1v) is 11.6. The van der Waals surface area contributed by atoms with Crippen LogP contribution in [0.3, 0.4) is 0 Å². The first-order valence-electron chi connectivity index (χ1n) is 11.6. The SMILES string of the molecule is Cc1cccc(-c2cnc(N)c3c2OCC3c2ccc(NC(=O)Nc3cc(C(F)(F)F)ccc3F)cc2)c1. The molecule has 1 aromatic heterocycles. The van der Waals surface area contributed by atoms with Crippen LogP contribution in [0, 0.1) is 12.7 Å². The van der Waals surface area contributed by atoms with Crippen LogP contribution in [0.4, 0.5) is 39.5 Å². The molecule has 2 amide bonds. The van der Waals surface area contributed by atoms with Gasteiger partial charge in [0.25, 0.3) is 0 Å². The van der Waals surface area contributed by atoms with Crippen LogP contribution in [0.2, 0.25) is 0 Å². The summed E-state index contributed by atoms with van der Waals surface area (Å²) in [5.74, 6) is -0.134. The highest BCUT2D eigenvalue weighted by atomic mass is 19.4. The molecule has 1 aliphatic heterocycles. The molecular formula is C28H22F4N4O2. The summed E-state index contributed by atoms with van der Waals surface area (Å²) in [6.07, 6.45) is -2.97. The standard InChI is InChI=1S/C28H22F4N4O2/c1-15-3-2-4-17(11-15)20-13-34-26(33)24-21(14-38-25(20)24)16-5-8-19(9-6-16)35-27(37)36-23-12-18(28(30,31)32)7-10-22(23)29/h2-13,21H,14H2,1H3,(H2,33,34)(H2,35,36,37). The zero-order valence-electron chi connectivity index (χ0n) is 20.1. The molecule has 10 heteroatoms. The van der Waals surface area contributed by atoms with E-state index in [1.165, 1.54) is 0 Å². The van der Waals surface area contributed by atoms with E-state index >= 15 is 0 Å². The van der Waals surface area contributed by atoms with E-state index in [0.717, 1.165) is 27.8 Å². The van der Waals surface area contributed by atoms with Gasteiger partial charge in [-0.3, -0.25) is 0 Å². The summed E-state index contributed by atoms with van der Waals surface area (Å²) in [7, 11) is 0. The minimum absolute atomic E-state index is 0.190. The number of hydrogen-bond donors (Lipinski definition) is 3. The topological polar surface area (TPSA) is 89.3 Å². The molecule has 4 N–H and O–H groups in total. The predicted molar refractivity (Wildman–Crippen MR) is 137 cm³/mol. The molecule has 194 valence electrons. The second-order valence-electron chi connectivity index (χ2n) is 8.93. The summed E-state index contributed by atoms with van der Waals surface area (Å²) < 4.78 is 58.8. The van der Waals surface area contributed by atoms with Crippen molar-refractivity contribution in [2.24, 2.45) is 0 Å². The van der Waals surface area contributed by atoms with E-state index < -0.39 is 29.3 Å². The molecule has 5 rings (SSSR count). The number of nitrogens with zero attached hydrogens (tertiary/aromatic N) is 1. The van der Waals surface area contributed by atoms with Gasteiger partial charge in [-0.1, -0.05) is 42.0 Å². The van der Waals surface area contributed by atoms with Gasteiger partial charge < -0.3 is 21.1 Å². The Morgan fingerprint density at radius 1 is 1.05 bits per heavy atom. The Labute approximate surface area is 215 Å². The number of carbonyl (C=O) groups is 1. The Hall–Kier alpha value is -4.60. The summed E-state index contributed by atoms with van der Waals surface area (Å²) in [6, 6.07) is 15.7. The van der Waals surface area contributed by atoms with Gasteiger partial charge in [0.15, 0.2) is 0 Å². The fourth-order valence-corrected chi connectivity index (χ4v) is 4.43. The monoisotopic (exact) mass is 522 g/mol. The minimum Gasteiger partial charge on any atom is -0.491 e. The number of pyridine rings is 1. The average Bonchev–Trinajstić information content (AvgIpc) is 3.31. The van der Waals surface area contributed by atoms with Crippen LogP contribution >= 0.6 is 0 Å². The molecule has 0 radical (unpaired) electrons. The summed E-state index contributed by atoms with van der Waals surface area (Å²) in [4.78, 5) is 16.7. The molecular weight excluding hydrogens is 500 g/mol. The summed E-state index contributed by atoms with van der Waals surface area (Å²) in [6.45, 7) is 2.36. The number of nitrogens with two attached hydrogens (primary N) is 1. The van der Waals surface area contributed by atoms with Crippen molar-refractivity contribution < 1.29 is 27.1 Å². The molecule has 3 aromatic carbocycles. The maximum atomic E-state index is 14.0. The third-order valence-electron chi connectivity index (χ3n) is 6.28. The third kappa shape index (κ3) is 4.97. The Bertz CT molecular complexity index is 1520. The maximum absolute atomic E-state index is 14.0. The largest absolute Gasteiger partial charge is 0.491 e. The highest BCUT2D eigenvalue weighted by Gasteiger charge is 2.32. The Morgan fingerprint density at radius 3 is 2.53 bits per heavy atom. The molecule has 0 bridgehead atoms. The Kier molecular flexibility index (Phi) is 6.40. The fraction of sp³-hybridized carbons (Fsp3) is 0.143. The van der Waals surface area contributed by atoms with Crippen LogP contribution in [-0.2, 0) is 6.18 Å². The first kappa shape index (κ1) is 25.1. The highest BCUT2D eigenvalue weighted by Crippen LogP contribution is 2.46. The fourth-order valence-electron chi connectivity index (χ4n) is 4.43. The minimum atomic E-state index is -4.67. The van der Waals surface area contributed by atoms with E-state index in [0.29, 0.717) is 42.1 Å². The van der Waals surface area contributed by atoms with Crippen LogP contribution in [-0.4, -0.2) is 17.6 Å². The second-order valence-corrected chi connectivity index (χ2v) is 8.93. The zero-order chi connectivity index (χ0) is 27.0. The molecule has 2 heterocycles. The third-order valence-corrected chi connectivity index (χ3v) is 6.28. The maximum Gasteiger partial charge on any atom is 0.416 e. The van der Waals surface area contributed by atoms with Crippen LogP contribution < -0.4 is 21.1 Å². The lowest BCUT2D eigenvalue weighted by molar-refractivity contribution is -0.137. The number of ether oxygens (including phenoxy) is 1. The van der Waals surface area contributed by atoms with E-state index in [9.17, 15) is 22.4 Å². The number of hydrogen-bond acceptors (Lipinski definition) is 4. The van der Waals surface area contributed by atoms with Crippen molar-refractivity contribution in [1.82, 2.24) is 4.98 Å². The van der Waals surface area contributed by atoms with Gasteiger partial charge in [-0.2, -0.15) is 13.2 Å². The molecule has 0 aliphatic carbocycles. The molecule has 38 heavy (non-hydrogen) atoms. The number of fused-ring (bicyclic) bond motifs is 1. The van der Waals surface area contributed by atoms with Gasteiger partial charge in [-0.25, -0.2) is 14.2 Å². The molecule has 0 spiro atoms. The highest BCUT2D eigenvalue weighted by molar-refractivity contribution is 5.99. The lowest BCUT2D eigenvalue weighted by Crippen LogP contribution is -2.20. The number of rotatable bonds is 4. The van der Waals surface area contributed by atoms with Crippen LogP contribution in [0.15, 0.2) is 72.9 Å². The number of nitrogen functional groups attached to an aromatic ring is 1. The van der Waals surface area contributed by atoms with Crippen molar-refractivity contribution in [2.45, 2.75) is 19.0 Å². The number of benzene rings is 3. The Balaban J connectivity index is 1.33. The summed E-state index contributed by atoms with van der Waals surface area (Å²) in [5.41, 5.74) is 9.51. The lowest BCUT2D eigenvalue weighted by atomic mass is 9.91. The van der Waals surface area contributed by atoms with Crippen molar-refractivity contribution in [1.29, 1.82) is 0 Å². The number of anilines is 3. The number of carbonyl (C=O) groups excluding carboxylic acids is 1. The number of alkyl halides is 3. The smallest absolute Gasteiger partial charge is 0.416 e. The second kappa shape index (κ2) is 9.70. The normalized spacial score (nSPS) is 14.5. The van der Waals surface area contributed by atoms with Crippen LogP contribution in [0.25, 0.3) is 11.1 Å². The van der Waals surface area contributed by atoms with E-state index in [2.05, 4.69) is 15.6 Å². The molecule has 4 aromatic rings. The number of urea groups is 1. The first-order chi connectivity index (χ1) is 18.1. The van der Waals surface area contributed by atoms with Gasteiger partial charge in [-0.15, -0.1) is 0 Å². The number of nitrogens with one attached hydrogen (secondary N) is 2. The summed E-state index contributed by atoms with van der Waals surface area (Å²) >= 11 is 0. The number of amides is 2. The van der Waals surface area contributed by atoms with Crippen LogP contribution in [0.5, 0.6) is 5.75 Å². The molecule has 0 fully saturated rings. The quantitative estimate of drug-likeness (QED) is 0.253. The van der Waals surface area contributed by atoms with Crippen molar-refractivity contribution in [2.75, 3.05) is 23.0 Å². The van der Waals surface area contributed by atoms with Crippen molar-refractivity contribution in [3.63, 3.8) is 0 Å². The van der Waals surface area contributed by atoms with Gasteiger partial charge >= 0.3 is 12.2 Å². The van der Waals surface area contributed by atoms with Crippen LogP contribution in [0.1, 0.15) is 28.2 Å². The molecule has 1 aliphatic rings. The van der Waals surface area contributed by atoms with E-state index in [1.807, 2.05) is 31.2 Å². The predicted octanol–water partition coefficient (Wildman–Crippen LogP) is 6.97. The number of halogens is 4. The van der Waals surface area contributed by atoms with E-state index in [4.69, 9.17) is 10.5 Å². The average molecular weight is 523 g/mol. The zero-order valence-corrected chi connectivity index (χ0v) is 20.1. The molecule has 1 unspecified atom stereocenters. The van der Waals surface area contributed by atoms with Crippen molar-refractivity contribution in [3.8, 4) is 16.9 Å². The molecule has 1 atom stereocenters. The van der Waals surface area contributed by atoms with Gasteiger partial charge in [0, 0.05) is 23.0 Å². The van der Waals surface area contributed by atoms with Gasteiger partial charge in [0.1, 0.15) is 17.4 Å². The lowest BCUT2D eigenvalue weighted by Gasteiger charge is -2.14. The van der Waals surface area contributed by atoms with Gasteiger partial charge in [0.05, 0.1) is 23.8 Å². The van der Waals surface area contributed by atoms with Crippen molar-refractivity contribution in [3.05, 3.63) is 101 Å².